The summed E-state index contributed by atoms with van der Waals surface area (Å²) in [5, 5.41) is 0. The van der Waals surface area contributed by atoms with Crippen LogP contribution in [0.15, 0.2) is 47.4 Å². The molecule has 1 aliphatic heterocycles. The molecule has 0 aromatic heterocycles. The lowest BCUT2D eigenvalue weighted by Gasteiger charge is -2.19. The van der Waals surface area contributed by atoms with Crippen molar-refractivity contribution >= 4 is 46.0 Å². The van der Waals surface area contributed by atoms with Crippen molar-refractivity contribution in [2.24, 2.45) is 0 Å². The molecule has 122 valence electrons. The third-order valence-corrected chi connectivity index (χ3v) is 5.18. The first-order chi connectivity index (χ1) is 11.5. The predicted octanol–water partition coefficient (Wildman–Crippen LogP) is 4.72. The number of rotatable bonds is 3. The Morgan fingerprint density at radius 2 is 1.75 bits per heavy atom. The van der Waals surface area contributed by atoms with E-state index >= 15 is 0 Å². The molecule has 2 aromatic carbocycles. The van der Waals surface area contributed by atoms with E-state index in [9.17, 15) is 4.79 Å². The molecule has 3 rings (SSSR count). The minimum absolute atomic E-state index is 0.0895. The van der Waals surface area contributed by atoms with E-state index in [1.54, 1.807) is 12.0 Å². The van der Waals surface area contributed by atoms with Crippen molar-refractivity contribution < 1.29 is 9.53 Å². The fourth-order valence-electron chi connectivity index (χ4n) is 2.75. The van der Waals surface area contributed by atoms with Crippen molar-refractivity contribution in [1.82, 2.24) is 0 Å². The van der Waals surface area contributed by atoms with Crippen LogP contribution in [0.4, 0.5) is 5.69 Å². The number of anilines is 1. The molecule has 0 aliphatic carbocycles. The lowest BCUT2D eigenvalue weighted by atomic mass is 10.1. The van der Waals surface area contributed by atoms with Crippen LogP contribution >= 0.6 is 24.0 Å². The Bertz CT molecular complexity index is 838. The van der Waals surface area contributed by atoms with Crippen LogP contribution in [0, 0.1) is 13.8 Å². The highest BCUT2D eigenvalue weighted by molar-refractivity contribution is 8.27. The van der Waals surface area contributed by atoms with Crippen molar-refractivity contribution in [2.45, 2.75) is 13.8 Å². The molecule has 24 heavy (non-hydrogen) atoms. The molecule has 0 N–H and O–H groups in total. The van der Waals surface area contributed by atoms with Gasteiger partial charge >= 0.3 is 0 Å². The van der Waals surface area contributed by atoms with Gasteiger partial charge in [0.05, 0.1) is 17.7 Å². The highest BCUT2D eigenvalue weighted by atomic mass is 32.2. The number of thiocarbonyl (C=S) groups is 1. The van der Waals surface area contributed by atoms with Gasteiger partial charge in [-0.15, -0.1) is 0 Å². The second-order valence-electron chi connectivity index (χ2n) is 5.50. The Balaban J connectivity index is 2.02. The van der Waals surface area contributed by atoms with Gasteiger partial charge in [0.2, 0.25) is 0 Å². The van der Waals surface area contributed by atoms with Crippen LogP contribution in [0.3, 0.4) is 0 Å². The fourth-order valence-corrected chi connectivity index (χ4v) is 4.01. The molecule has 5 heteroatoms. The van der Waals surface area contributed by atoms with E-state index in [-0.39, 0.29) is 5.91 Å². The van der Waals surface area contributed by atoms with E-state index in [0.29, 0.717) is 9.23 Å². The number of carbonyl (C=O) groups excluding carboxylic acids is 1. The normalized spacial score (nSPS) is 16.1. The summed E-state index contributed by atoms with van der Waals surface area (Å²) in [6.07, 6.45) is 1.84. The van der Waals surface area contributed by atoms with E-state index < -0.39 is 0 Å². The van der Waals surface area contributed by atoms with Gasteiger partial charge in [-0.05, 0) is 37.1 Å². The molecule has 1 amide bonds. The standard InChI is InChI=1S/C19H17NO2S2/c1-12-7-6-8-13(2)17(12)20-18(21)16(24-19(20)23)11-14-9-4-5-10-15(14)22-3/h4-11H,1-3H3/b16-11-. The number of hydrogen-bond acceptors (Lipinski definition) is 4. The minimum atomic E-state index is -0.0895. The van der Waals surface area contributed by atoms with Crippen molar-refractivity contribution in [3.05, 3.63) is 64.1 Å². The summed E-state index contributed by atoms with van der Waals surface area (Å²) in [5.41, 5.74) is 3.81. The SMILES string of the molecule is COc1ccccc1/C=C1\SC(=S)N(c2c(C)cccc2C)C1=O. The van der Waals surface area contributed by atoms with Gasteiger partial charge in [0, 0.05) is 5.56 Å². The summed E-state index contributed by atoms with van der Waals surface area (Å²) < 4.78 is 5.91. The van der Waals surface area contributed by atoms with Crippen LogP contribution < -0.4 is 9.64 Å². The summed E-state index contributed by atoms with van der Waals surface area (Å²) >= 11 is 6.79. The van der Waals surface area contributed by atoms with Gasteiger partial charge < -0.3 is 4.74 Å². The molecule has 3 nitrogen and oxygen atoms in total. The molecule has 0 saturated carbocycles. The van der Waals surface area contributed by atoms with Crippen LogP contribution in [0.5, 0.6) is 5.75 Å². The number of hydrogen-bond donors (Lipinski definition) is 0. The second kappa shape index (κ2) is 6.79. The summed E-state index contributed by atoms with van der Waals surface area (Å²) in [6, 6.07) is 13.6. The topological polar surface area (TPSA) is 29.5 Å². The van der Waals surface area contributed by atoms with E-state index in [0.717, 1.165) is 28.1 Å². The maximum absolute atomic E-state index is 12.9. The highest BCUT2D eigenvalue weighted by Crippen LogP contribution is 2.39. The van der Waals surface area contributed by atoms with Crippen molar-refractivity contribution in [3.63, 3.8) is 0 Å². The molecule has 0 radical (unpaired) electrons. The lowest BCUT2D eigenvalue weighted by Crippen LogP contribution is -2.29. The number of amides is 1. The first-order valence-corrected chi connectivity index (χ1v) is 8.72. The predicted molar refractivity (Wildman–Crippen MR) is 105 cm³/mol. The van der Waals surface area contributed by atoms with Crippen LogP contribution in [0.1, 0.15) is 16.7 Å². The van der Waals surface area contributed by atoms with Gasteiger partial charge in [0.15, 0.2) is 4.32 Å². The molecule has 0 unspecified atom stereocenters. The summed E-state index contributed by atoms with van der Waals surface area (Å²) in [4.78, 5) is 15.2. The fraction of sp³-hybridized carbons (Fsp3) is 0.158. The Hall–Kier alpha value is -2.11. The number of nitrogens with zero attached hydrogens (tertiary/aromatic N) is 1. The number of aryl methyl sites for hydroxylation is 2. The zero-order chi connectivity index (χ0) is 17.3. The number of methoxy groups -OCH3 is 1. The number of ether oxygens (including phenoxy) is 1. The van der Waals surface area contributed by atoms with E-state index in [1.165, 1.54) is 11.8 Å². The van der Waals surface area contributed by atoms with Crippen LogP contribution in [0.25, 0.3) is 6.08 Å². The molecule has 1 aliphatic rings. The van der Waals surface area contributed by atoms with Gasteiger partial charge in [0.1, 0.15) is 5.75 Å². The molecular formula is C19H17NO2S2. The Morgan fingerprint density at radius 3 is 2.42 bits per heavy atom. The lowest BCUT2D eigenvalue weighted by molar-refractivity contribution is -0.113. The molecule has 2 aromatic rings. The van der Waals surface area contributed by atoms with Crippen LogP contribution in [-0.2, 0) is 4.79 Å². The zero-order valence-corrected chi connectivity index (χ0v) is 15.3. The van der Waals surface area contributed by atoms with E-state index in [2.05, 4.69) is 0 Å². The van der Waals surface area contributed by atoms with Gasteiger partial charge in [-0.1, -0.05) is 60.4 Å². The van der Waals surface area contributed by atoms with Gasteiger partial charge in [-0.25, -0.2) is 0 Å². The van der Waals surface area contributed by atoms with E-state index in [4.69, 9.17) is 17.0 Å². The molecular weight excluding hydrogens is 338 g/mol. The maximum Gasteiger partial charge on any atom is 0.270 e. The first kappa shape index (κ1) is 16.7. The third-order valence-electron chi connectivity index (χ3n) is 3.88. The van der Waals surface area contributed by atoms with E-state index in [1.807, 2.05) is 62.4 Å². The van der Waals surface area contributed by atoms with Crippen LogP contribution in [0.2, 0.25) is 0 Å². The monoisotopic (exact) mass is 355 g/mol. The quantitative estimate of drug-likeness (QED) is 0.589. The Morgan fingerprint density at radius 1 is 1.08 bits per heavy atom. The van der Waals surface area contributed by atoms with Gasteiger partial charge in [-0.2, -0.15) is 0 Å². The number of carbonyl (C=O) groups is 1. The molecule has 1 fully saturated rings. The Labute approximate surface area is 151 Å². The highest BCUT2D eigenvalue weighted by Gasteiger charge is 2.34. The summed E-state index contributed by atoms with van der Waals surface area (Å²) in [7, 11) is 1.62. The molecule has 0 spiro atoms. The van der Waals surface area contributed by atoms with Crippen LogP contribution in [-0.4, -0.2) is 17.3 Å². The van der Waals surface area contributed by atoms with Crippen molar-refractivity contribution in [2.75, 3.05) is 12.0 Å². The largest absolute Gasteiger partial charge is 0.496 e. The average Bonchev–Trinajstić information content (AvgIpc) is 2.83. The second-order valence-corrected chi connectivity index (χ2v) is 7.18. The molecule has 0 atom stereocenters. The smallest absolute Gasteiger partial charge is 0.270 e. The van der Waals surface area contributed by atoms with Crippen molar-refractivity contribution in [3.8, 4) is 5.75 Å². The van der Waals surface area contributed by atoms with Crippen molar-refractivity contribution in [1.29, 1.82) is 0 Å². The third kappa shape index (κ3) is 2.97. The summed E-state index contributed by atoms with van der Waals surface area (Å²) in [6.45, 7) is 3.98. The number of benzene rings is 2. The summed E-state index contributed by atoms with van der Waals surface area (Å²) in [5.74, 6) is 0.642. The Kier molecular flexibility index (Phi) is 4.73. The minimum Gasteiger partial charge on any atom is -0.496 e. The molecule has 1 heterocycles. The zero-order valence-electron chi connectivity index (χ0n) is 13.7. The number of thioether (sulfide) groups is 1. The molecule has 1 saturated heterocycles. The average molecular weight is 355 g/mol. The molecule has 0 bridgehead atoms. The van der Waals surface area contributed by atoms with Gasteiger partial charge in [-0.3, -0.25) is 9.69 Å². The first-order valence-electron chi connectivity index (χ1n) is 7.50. The maximum atomic E-state index is 12.9. The van der Waals surface area contributed by atoms with Gasteiger partial charge in [0.25, 0.3) is 5.91 Å². The number of para-hydroxylation sites is 2.